The molecule has 0 aliphatic heterocycles. The Morgan fingerprint density at radius 2 is 1.35 bits per heavy atom. The van der Waals surface area contributed by atoms with Gasteiger partial charge in [-0.25, -0.2) is 0 Å². The molecule has 0 bridgehead atoms. The number of nitrogens with one attached hydrogen (secondary N) is 2. The van der Waals surface area contributed by atoms with Gasteiger partial charge in [0.25, 0.3) is 0 Å². The summed E-state index contributed by atoms with van der Waals surface area (Å²) in [6.45, 7) is 0. The maximum atomic E-state index is 11.5. The van der Waals surface area contributed by atoms with Crippen LogP contribution < -0.4 is 20.8 Å². The number of hydrogen-bond acceptors (Lipinski definition) is 5. The van der Waals surface area contributed by atoms with Gasteiger partial charge < -0.3 is 26.0 Å². The van der Waals surface area contributed by atoms with E-state index in [1.807, 2.05) is 6.08 Å². The van der Waals surface area contributed by atoms with Gasteiger partial charge >= 0.3 is 0 Å². The second kappa shape index (κ2) is 7.26. The van der Waals surface area contributed by atoms with E-state index in [2.05, 4.69) is 10.6 Å². The van der Waals surface area contributed by atoms with E-state index in [4.69, 9.17) is 0 Å². The number of hydrogen-bond donors (Lipinski definition) is 3. The molecule has 0 aliphatic rings. The molecule has 0 spiro atoms. The van der Waals surface area contributed by atoms with Crippen molar-refractivity contribution in [3.63, 3.8) is 0 Å². The van der Waals surface area contributed by atoms with Gasteiger partial charge in [0.2, 0.25) is 0 Å². The molecule has 5 heteroatoms. The average Bonchev–Trinajstić information content (AvgIpc) is 2.55. The zero-order chi connectivity index (χ0) is 16.8. The molecule has 2 aromatic rings. The number of aromatic hydroxyl groups is 1. The zero-order valence-corrected chi connectivity index (χ0v) is 13.0. The molecule has 0 radical (unpaired) electrons. The lowest BCUT2D eigenvalue weighted by molar-refractivity contribution is -0.317. The summed E-state index contributed by atoms with van der Waals surface area (Å²) in [5.41, 5.74) is 3.12. The summed E-state index contributed by atoms with van der Waals surface area (Å²) in [6, 6.07) is 11.0. The molecule has 2 rings (SSSR count). The number of phenols is 1. The fourth-order valence-electron chi connectivity index (χ4n) is 2.09. The quantitative estimate of drug-likeness (QED) is 0.726. The van der Waals surface area contributed by atoms with E-state index >= 15 is 0 Å². The van der Waals surface area contributed by atoms with Gasteiger partial charge in [0.15, 0.2) is 0 Å². The minimum Gasteiger partial charge on any atom is -0.873 e. The smallest absolute Gasteiger partial charge is 0.115 e. The van der Waals surface area contributed by atoms with Gasteiger partial charge in [-0.3, -0.25) is 0 Å². The van der Waals surface area contributed by atoms with Gasteiger partial charge in [0.1, 0.15) is 5.75 Å². The minimum absolute atomic E-state index is 0.207. The van der Waals surface area contributed by atoms with Crippen LogP contribution in [0.1, 0.15) is 11.1 Å². The molecule has 0 aromatic heterocycles. The molecular weight excluding hydrogens is 292 g/mol. The predicted molar refractivity (Wildman–Crippen MR) is 87.5 cm³/mol. The fourth-order valence-corrected chi connectivity index (χ4v) is 2.09. The van der Waals surface area contributed by atoms with Crippen LogP contribution in [0.3, 0.4) is 0 Å². The third-order valence-electron chi connectivity index (χ3n) is 3.31. The van der Waals surface area contributed by atoms with E-state index in [1.165, 1.54) is 12.1 Å². The summed E-state index contributed by atoms with van der Waals surface area (Å²) in [5, 5.41) is 38.1. The summed E-state index contributed by atoms with van der Waals surface area (Å²) in [5.74, 6) is -0.831. The maximum absolute atomic E-state index is 11.5. The van der Waals surface area contributed by atoms with Crippen LogP contribution in [0.25, 0.3) is 12.2 Å². The van der Waals surface area contributed by atoms with Gasteiger partial charge in [-0.2, -0.15) is 0 Å². The molecule has 0 heterocycles. The molecule has 0 fully saturated rings. The Hall–Kier alpha value is -3.08. The lowest BCUT2D eigenvalue weighted by Crippen LogP contribution is -2.17. The SMILES string of the molecule is CNC(=Cc1ccc(O)cc1)C(=Cc1ccc([O-])c([O-])c1)NC. The van der Waals surface area contributed by atoms with Crippen molar-refractivity contribution in [3.8, 4) is 17.2 Å². The molecule has 0 saturated heterocycles. The molecule has 3 N–H and O–H groups in total. The van der Waals surface area contributed by atoms with E-state index < -0.39 is 11.5 Å². The third kappa shape index (κ3) is 4.20. The molecule has 5 nitrogen and oxygen atoms in total. The van der Waals surface area contributed by atoms with Crippen molar-refractivity contribution in [1.82, 2.24) is 10.6 Å². The molecule has 0 aliphatic carbocycles. The van der Waals surface area contributed by atoms with Crippen molar-refractivity contribution in [1.29, 1.82) is 0 Å². The molecule has 0 atom stereocenters. The zero-order valence-electron chi connectivity index (χ0n) is 13.0. The van der Waals surface area contributed by atoms with Crippen LogP contribution in [0.15, 0.2) is 53.9 Å². The molecule has 0 saturated carbocycles. The Labute approximate surface area is 135 Å². The van der Waals surface area contributed by atoms with Gasteiger partial charge in [-0.05, 0) is 35.4 Å². The minimum atomic E-state index is -0.525. The summed E-state index contributed by atoms with van der Waals surface area (Å²) >= 11 is 0. The normalized spacial score (nSPS) is 12.1. The van der Waals surface area contributed by atoms with E-state index in [9.17, 15) is 15.3 Å². The Morgan fingerprint density at radius 3 is 1.87 bits per heavy atom. The van der Waals surface area contributed by atoms with Gasteiger partial charge in [0.05, 0.1) is 11.4 Å². The van der Waals surface area contributed by atoms with Gasteiger partial charge in [-0.1, -0.05) is 30.3 Å². The van der Waals surface area contributed by atoms with Crippen molar-refractivity contribution < 1.29 is 15.3 Å². The number of benzene rings is 2. The van der Waals surface area contributed by atoms with E-state index in [0.29, 0.717) is 5.56 Å². The monoisotopic (exact) mass is 310 g/mol. The first-order chi connectivity index (χ1) is 11.0. The first-order valence-corrected chi connectivity index (χ1v) is 7.10. The second-order valence-electron chi connectivity index (χ2n) is 4.91. The Bertz CT molecular complexity index is 734. The van der Waals surface area contributed by atoms with Crippen LogP contribution in [-0.4, -0.2) is 19.2 Å². The van der Waals surface area contributed by atoms with E-state index in [0.717, 1.165) is 17.0 Å². The third-order valence-corrected chi connectivity index (χ3v) is 3.31. The highest BCUT2D eigenvalue weighted by Crippen LogP contribution is 2.22. The first kappa shape index (κ1) is 16.3. The Kier molecular flexibility index (Phi) is 5.15. The maximum Gasteiger partial charge on any atom is 0.115 e. The molecule has 23 heavy (non-hydrogen) atoms. The van der Waals surface area contributed by atoms with Crippen molar-refractivity contribution in [3.05, 3.63) is 65.0 Å². The van der Waals surface area contributed by atoms with Crippen LogP contribution in [0, 0.1) is 0 Å². The van der Waals surface area contributed by atoms with Crippen molar-refractivity contribution >= 4 is 12.2 Å². The summed E-state index contributed by atoms with van der Waals surface area (Å²) in [7, 11) is 3.56. The first-order valence-electron chi connectivity index (χ1n) is 7.10. The van der Waals surface area contributed by atoms with E-state index in [1.54, 1.807) is 50.5 Å². The molecule has 120 valence electrons. The average molecular weight is 310 g/mol. The van der Waals surface area contributed by atoms with Crippen molar-refractivity contribution in [2.45, 2.75) is 0 Å². The summed E-state index contributed by atoms with van der Waals surface area (Å²) < 4.78 is 0. The fraction of sp³-hybridized carbons (Fsp3) is 0.111. The lowest BCUT2D eigenvalue weighted by atomic mass is 10.1. The highest BCUT2D eigenvalue weighted by molar-refractivity contribution is 5.66. The number of phenolic OH excluding ortho intramolecular Hbond substituents is 1. The Balaban J connectivity index is 2.37. The Morgan fingerprint density at radius 1 is 0.826 bits per heavy atom. The molecule has 2 aromatic carbocycles. The van der Waals surface area contributed by atoms with Crippen LogP contribution in [-0.2, 0) is 0 Å². The largest absolute Gasteiger partial charge is 0.873 e. The van der Waals surface area contributed by atoms with Gasteiger partial charge in [0, 0.05) is 14.1 Å². The molecule has 0 amide bonds. The van der Waals surface area contributed by atoms with Crippen LogP contribution in [0.5, 0.6) is 17.2 Å². The molecular formula is C18H18N2O3-2. The second-order valence-corrected chi connectivity index (χ2v) is 4.91. The van der Waals surface area contributed by atoms with Gasteiger partial charge in [-0.15, -0.1) is 11.5 Å². The topological polar surface area (TPSA) is 90.4 Å². The number of likely N-dealkylation sites (N-methyl/N-ethyl adjacent to an activating group) is 2. The summed E-state index contributed by atoms with van der Waals surface area (Å²) in [4.78, 5) is 0. The van der Waals surface area contributed by atoms with Crippen molar-refractivity contribution in [2.24, 2.45) is 0 Å². The van der Waals surface area contributed by atoms with Crippen LogP contribution in [0.4, 0.5) is 0 Å². The van der Waals surface area contributed by atoms with Crippen LogP contribution >= 0.6 is 0 Å². The molecule has 0 unspecified atom stereocenters. The van der Waals surface area contributed by atoms with E-state index in [-0.39, 0.29) is 5.75 Å². The lowest BCUT2D eigenvalue weighted by Gasteiger charge is -2.18. The highest BCUT2D eigenvalue weighted by Gasteiger charge is 2.03. The van der Waals surface area contributed by atoms with Crippen molar-refractivity contribution in [2.75, 3.05) is 14.1 Å². The van der Waals surface area contributed by atoms with Crippen LogP contribution in [0.2, 0.25) is 0 Å². The number of rotatable bonds is 5. The standard InChI is InChI=1S/C18H20N2O3/c1-19-15(9-12-3-6-14(21)7-4-12)16(20-2)10-13-5-8-17(22)18(23)11-13/h3-11,19-23H,1-2H3/p-2. The highest BCUT2D eigenvalue weighted by atomic mass is 16.3. The summed E-state index contributed by atoms with van der Waals surface area (Å²) in [6.07, 6.45) is 3.69. The predicted octanol–water partition coefficient (Wildman–Crippen LogP) is 1.36.